The second kappa shape index (κ2) is 7.47. The molecule has 0 aliphatic rings. The molecule has 1 aromatic rings. The molecule has 1 aromatic carbocycles. The Labute approximate surface area is 105 Å². The first-order valence-corrected chi connectivity index (χ1v) is 5.54. The lowest BCUT2D eigenvalue weighted by atomic mass is 10.2. The van der Waals surface area contributed by atoms with Crippen molar-refractivity contribution < 1.29 is 13.5 Å². The van der Waals surface area contributed by atoms with Gasteiger partial charge in [-0.25, -0.2) is 8.78 Å². The van der Waals surface area contributed by atoms with Crippen LogP contribution in [0.3, 0.4) is 0 Å². The van der Waals surface area contributed by atoms with E-state index in [9.17, 15) is 8.78 Å². The number of hydrogen-bond acceptors (Lipinski definition) is 2. The van der Waals surface area contributed by atoms with Crippen molar-refractivity contribution in [1.82, 2.24) is 10.6 Å². The minimum Gasteiger partial charge on any atom is -0.488 e. The highest BCUT2D eigenvalue weighted by atomic mass is 19.3. The predicted molar refractivity (Wildman–Crippen MR) is 67.2 cm³/mol. The predicted octanol–water partition coefficient (Wildman–Crippen LogP) is 1.63. The molecule has 0 bridgehead atoms. The Kier molecular flexibility index (Phi) is 5.90. The van der Waals surface area contributed by atoms with Crippen LogP contribution in [0.4, 0.5) is 8.78 Å². The molecule has 0 radical (unpaired) electrons. The highest BCUT2D eigenvalue weighted by Crippen LogP contribution is 2.14. The maximum atomic E-state index is 12.0. The third-order valence-corrected chi connectivity index (χ3v) is 2.19. The fraction of sp³-hybridized carbons (Fsp3) is 0.417. The van der Waals surface area contributed by atoms with Crippen LogP contribution in [0.2, 0.25) is 0 Å². The lowest BCUT2D eigenvalue weighted by molar-refractivity contribution is 0.0818. The Balaban J connectivity index is 2.54. The van der Waals surface area contributed by atoms with Crippen molar-refractivity contribution in [2.45, 2.75) is 13.0 Å². The first kappa shape index (κ1) is 14.2. The van der Waals surface area contributed by atoms with Gasteiger partial charge in [-0.05, 0) is 17.7 Å². The van der Waals surface area contributed by atoms with E-state index in [1.807, 2.05) is 6.07 Å². The first-order valence-electron chi connectivity index (χ1n) is 5.54. The number of halogens is 2. The average molecular weight is 257 g/mol. The molecule has 1 rings (SSSR count). The van der Waals surface area contributed by atoms with Crippen LogP contribution in [-0.2, 0) is 6.54 Å². The molecule has 0 aromatic heterocycles. The third kappa shape index (κ3) is 4.99. The van der Waals surface area contributed by atoms with Crippen LogP contribution in [-0.4, -0.2) is 33.1 Å². The molecule has 18 heavy (non-hydrogen) atoms. The van der Waals surface area contributed by atoms with Crippen molar-refractivity contribution in [1.29, 1.82) is 0 Å². The minimum absolute atomic E-state index is 0.439. The monoisotopic (exact) mass is 257 g/mol. The van der Waals surface area contributed by atoms with Crippen molar-refractivity contribution in [3.8, 4) is 5.75 Å². The van der Waals surface area contributed by atoms with Gasteiger partial charge in [-0.2, -0.15) is 0 Å². The summed E-state index contributed by atoms with van der Waals surface area (Å²) in [5.41, 5.74) is 0.929. The summed E-state index contributed by atoms with van der Waals surface area (Å²) < 4.78 is 29.0. The van der Waals surface area contributed by atoms with Gasteiger partial charge in [-0.3, -0.25) is 4.99 Å². The molecular formula is C12H17F2N3O. The van der Waals surface area contributed by atoms with Gasteiger partial charge >= 0.3 is 0 Å². The summed E-state index contributed by atoms with van der Waals surface area (Å²) in [6.07, 6.45) is -2.46. The zero-order valence-electron chi connectivity index (χ0n) is 10.4. The van der Waals surface area contributed by atoms with Crippen molar-refractivity contribution >= 4 is 5.96 Å². The van der Waals surface area contributed by atoms with E-state index in [1.54, 1.807) is 32.3 Å². The Bertz CT molecular complexity index is 397. The van der Waals surface area contributed by atoms with E-state index in [-0.39, 0.29) is 0 Å². The lowest BCUT2D eigenvalue weighted by Crippen LogP contribution is -2.34. The molecule has 0 saturated carbocycles. The quantitative estimate of drug-likeness (QED) is 0.622. The van der Waals surface area contributed by atoms with Crippen molar-refractivity contribution in [2.75, 3.05) is 20.7 Å². The fourth-order valence-electron chi connectivity index (χ4n) is 1.37. The number of nitrogens with zero attached hydrogens (tertiary/aromatic N) is 1. The molecule has 6 heteroatoms. The van der Waals surface area contributed by atoms with Gasteiger partial charge in [0.25, 0.3) is 6.43 Å². The zero-order valence-corrected chi connectivity index (χ0v) is 10.4. The molecule has 0 amide bonds. The van der Waals surface area contributed by atoms with Gasteiger partial charge in [0, 0.05) is 20.6 Å². The van der Waals surface area contributed by atoms with E-state index in [4.69, 9.17) is 4.74 Å². The van der Waals surface area contributed by atoms with E-state index in [2.05, 4.69) is 15.6 Å². The molecule has 0 aliphatic carbocycles. The summed E-state index contributed by atoms with van der Waals surface area (Å²) >= 11 is 0. The SMILES string of the molecule is CN=C(NC)NCc1cccc(OCC(F)F)c1. The number of aliphatic imine (C=N–C) groups is 1. The van der Waals surface area contributed by atoms with Crippen LogP contribution in [0.15, 0.2) is 29.3 Å². The van der Waals surface area contributed by atoms with Crippen molar-refractivity contribution in [3.63, 3.8) is 0 Å². The summed E-state index contributed by atoms with van der Waals surface area (Å²) in [4.78, 5) is 3.97. The Morgan fingerprint density at radius 1 is 1.44 bits per heavy atom. The van der Waals surface area contributed by atoms with Gasteiger partial charge in [0.2, 0.25) is 0 Å². The van der Waals surface area contributed by atoms with Crippen LogP contribution >= 0.6 is 0 Å². The Morgan fingerprint density at radius 2 is 2.22 bits per heavy atom. The van der Waals surface area contributed by atoms with Crippen LogP contribution < -0.4 is 15.4 Å². The largest absolute Gasteiger partial charge is 0.488 e. The summed E-state index contributed by atoms with van der Waals surface area (Å²) in [5, 5.41) is 5.95. The van der Waals surface area contributed by atoms with Gasteiger partial charge in [0.1, 0.15) is 12.4 Å². The highest BCUT2D eigenvalue weighted by molar-refractivity contribution is 5.79. The third-order valence-electron chi connectivity index (χ3n) is 2.19. The first-order chi connectivity index (χ1) is 8.65. The maximum Gasteiger partial charge on any atom is 0.272 e. The molecule has 0 fully saturated rings. The van der Waals surface area contributed by atoms with E-state index in [0.29, 0.717) is 18.3 Å². The lowest BCUT2D eigenvalue weighted by Gasteiger charge is -2.10. The van der Waals surface area contributed by atoms with Crippen LogP contribution in [0.5, 0.6) is 5.75 Å². The van der Waals surface area contributed by atoms with E-state index in [1.165, 1.54) is 0 Å². The van der Waals surface area contributed by atoms with Crippen molar-refractivity contribution in [2.24, 2.45) is 4.99 Å². The molecule has 4 nitrogen and oxygen atoms in total. The summed E-state index contributed by atoms with van der Waals surface area (Å²) in [6.45, 7) is -0.0472. The minimum atomic E-state index is -2.46. The standard InChI is InChI=1S/C12H17F2N3O/c1-15-12(16-2)17-7-9-4-3-5-10(6-9)18-8-11(13)14/h3-6,11H,7-8H2,1-2H3,(H2,15,16,17). The van der Waals surface area contributed by atoms with Gasteiger partial charge in [0.15, 0.2) is 5.96 Å². The summed E-state index contributed by atoms with van der Waals surface area (Å²) in [6, 6.07) is 7.02. The van der Waals surface area contributed by atoms with Crippen LogP contribution in [0.25, 0.3) is 0 Å². The molecular weight excluding hydrogens is 240 g/mol. The maximum absolute atomic E-state index is 12.0. The Morgan fingerprint density at radius 3 is 2.83 bits per heavy atom. The number of rotatable bonds is 5. The number of hydrogen-bond donors (Lipinski definition) is 2. The van der Waals surface area contributed by atoms with Gasteiger partial charge < -0.3 is 15.4 Å². The van der Waals surface area contributed by atoms with E-state index in [0.717, 1.165) is 5.56 Å². The van der Waals surface area contributed by atoms with Gasteiger partial charge in [-0.15, -0.1) is 0 Å². The zero-order chi connectivity index (χ0) is 13.4. The topological polar surface area (TPSA) is 45.7 Å². The van der Waals surface area contributed by atoms with Crippen molar-refractivity contribution in [3.05, 3.63) is 29.8 Å². The molecule has 0 spiro atoms. The number of alkyl halides is 2. The fourth-order valence-corrected chi connectivity index (χ4v) is 1.37. The van der Waals surface area contributed by atoms with Crippen LogP contribution in [0, 0.1) is 0 Å². The molecule has 100 valence electrons. The molecule has 0 heterocycles. The number of nitrogens with one attached hydrogen (secondary N) is 2. The Hall–Kier alpha value is -1.85. The number of ether oxygens (including phenoxy) is 1. The van der Waals surface area contributed by atoms with E-state index < -0.39 is 13.0 Å². The number of guanidine groups is 1. The molecule has 0 aliphatic heterocycles. The van der Waals surface area contributed by atoms with E-state index >= 15 is 0 Å². The molecule has 0 atom stereocenters. The smallest absolute Gasteiger partial charge is 0.272 e. The second-order valence-corrected chi connectivity index (χ2v) is 3.53. The van der Waals surface area contributed by atoms with Gasteiger partial charge in [0.05, 0.1) is 0 Å². The molecule has 0 unspecified atom stereocenters. The number of benzene rings is 1. The average Bonchev–Trinajstić information content (AvgIpc) is 2.38. The summed E-state index contributed by atoms with van der Waals surface area (Å²) in [5.74, 6) is 1.10. The highest BCUT2D eigenvalue weighted by Gasteiger charge is 2.04. The molecule has 2 N–H and O–H groups in total. The summed E-state index contributed by atoms with van der Waals surface area (Å²) in [7, 11) is 3.43. The second-order valence-electron chi connectivity index (χ2n) is 3.53. The normalized spacial score (nSPS) is 11.5. The van der Waals surface area contributed by atoms with Gasteiger partial charge in [-0.1, -0.05) is 12.1 Å². The molecule has 0 saturated heterocycles. The van der Waals surface area contributed by atoms with Crippen LogP contribution in [0.1, 0.15) is 5.56 Å².